The number of hydrogen-bond acceptors (Lipinski definition) is 8. The summed E-state index contributed by atoms with van der Waals surface area (Å²) in [5.41, 5.74) is 3.31. The zero-order chi connectivity index (χ0) is 24.8. The highest BCUT2D eigenvalue weighted by Crippen LogP contribution is 2.28. The molecule has 182 valence electrons. The molecule has 4 rings (SSSR count). The lowest BCUT2D eigenvalue weighted by Crippen LogP contribution is -2.07. The quantitative estimate of drug-likeness (QED) is 0.236. The minimum atomic E-state index is -0.185. The lowest BCUT2D eigenvalue weighted by Gasteiger charge is -2.12. The summed E-state index contributed by atoms with van der Waals surface area (Å²) >= 11 is 0. The molecular weight excluding hydrogens is 446 g/mol. The molecule has 0 radical (unpaired) electrons. The third-order valence-corrected chi connectivity index (χ3v) is 5.20. The third-order valence-electron chi connectivity index (χ3n) is 5.20. The Hall–Kier alpha value is -4.01. The first-order valence-corrected chi connectivity index (χ1v) is 11.7. The second-order valence-corrected chi connectivity index (χ2v) is 8.30. The Kier molecular flexibility index (Phi) is 7.54. The van der Waals surface area contributed by atoms with E-state index >= 15 is 0 Å². The molecule has 0 saturated carbocycles. The maximum atomic E-state index is 11.5. The predicted octanol–water partition coefficient (Wildman–Crippen LogP) is 4.93. The fourth-order valence-corrected chi connectivity index (χ4v) is 3.69. The van der Waals surface area contributed by atoms with Crippen LogP contribution in [0.4, 0.5) is 0 Å². The SMILES string of the molecule is CCOC(=O)CCCn1cc2cc(-c3noc(-c4ccc(OC(C)C)c(C=NC)c4)n3)ccc2n1. The molecule has 0 aliphatic heterocycles. The number of carbonyl (C=O) groups excluding carboxylic acids is 1. The molecule has 0 amide bonds. The number of carbonyl (C=O) groups is 1. The number of esters is 1. The molecule has 0 bridgehead atoms. The van der Waals surface area contributed by atoms with Crippen molar-refractivity contribution in [2.24, 2.45) is 4.99 Å². The standard InChI is InChI=1S/C26H29N5O4/c1-5-33-24(32)7-6-12-31-16-21-13-18(8-10-22(21)29-31)25-28-26(35-30-25)19-9-11-23(34-17(2)3)20(14-19)15-27-4/h8-11,13-17H,5-7,12H2,1-4H3. The van der Waals surface area contributed by atoms with E-state index in [1.54, 1.807) is 20.2 Å². The first-order valence-electron chi connectivity index (χ1n) is 11.7. The molecule has 9 nitrogen and oxygen atoms in total. The summed E-state index contributed by atoms with van der Waals surface area (Å²) < 4.78 is 18.2. The number of ether oxygens (including phenoxy) is 2. The highest BCUT2D eigenvalue weighted by molar-refractivity contribution is 5.86. The second-order valence-electron chi connectivity index (χ2n) is 8.30. The van der Waals surface area contributed by atoms with Crippen molar-refractivity contribution >= 4 is 23.1 Å². The van der Waals surface area contributed by atoms with Crippen molar-refractivity contribution in [2.75, 3.05) is 13.7 Å². The van der Waals surface area contributed by atoms with Gasteiger partial charge in [-0.15, -0.1) is 0 Å². The molecule has 0 spiro atoms. The lowest BCUT2D eigenvalue weighted by molar-refractivity contribution is -0.143. The van der Waals surface area contributed by atoms with Crippen molar-refractivity contribution in [1.29, 1.82) is 0 Å². The molecule has 0 unspecified atom stereocenters. The first kappa shape index (κ1) is 24.1. The zero-order valence-corrected chi connectivity index (χ0v) is 20.4. The van der Waals surface area contributed by atoms with Crippen LogP contribution < -0.4 is 4.74 Å². The number of aryl methyl sites for hydroxylation is 1. The van der Waals surface area contributed by atoms with Gasteiger partial charge < -0.3 is 14.0 Å². The zero-order valence-electron chi connectivity index (χ0n) is 20.4. The molecule has 4 aromatic rings. The largest absolute Gasteiger partial charge is 0.490 e. The van der Waals surface area contributed by atoms with Crippen molar-refractivity contribution in [2.45, 2.75) is 46.3 Å². The Morgan fingerprint density at radius 1 is 1.20 bits per heavy atom. The van der Waals surface area contributed by atoms with E-state index in [1.165, 1.54) is 0 Å². The van der Waals surface area contributed by atoms with Crippen LogP contribution in [0.15, 0.2) is 52.1 Å². The topological polar surface area (TPSA) is 105 Å². The number of hydrogen-bond donors (Lipinski definition) is 0. The third kappa shape index (κ3) is 5.92. The van der Waals surface area contributed by atoms with Gasteiger partial charge in [-0.25, -0.2) is 0 Å². The molecule has 0 atom stereocenters. The van der Waals surface area contributed by atoms with E-state index in [2.05, 4.69) is 20.2 Å². The fourth-order valence-electron chi connectivity index (χ4n) is 3.69. The molecule has 0 fully saturated rings. The van der Waals surface area contributed by atoms with Gasteiger partial charge in [0, 0.05) is 54.5 Å². The van der Waals surface area contributed by atoms with Gasteiger partial charge in [-0.3, -0.25) is 14.5 Å². The van der Waals surface area contributed by atoms with Crippen molar-refractivity contribution < 1.29 is 18.8 Å². The van der Waals surface area contributed by atoms with Gasteiger partial charge in [0.25, 0.3) is 5.89 Å². The Morgan fingerprint density at radius 2 is 2.03 bits per heavy atom. The summed E-state index contributed by atoms with van der Waals surface area (Å²) in [5.74, 6) is 1.47. The van der Waals surface area contributed by atoms with Gasteiger partial charge in [0.15, 0.2) is 0 Å². The predicted molar refractivity (Wildman–Crippen MR) is 134 cm³/mol. The van der Waals surface area contributed by atoms with Crippen LogP contribution in [0.3, 0.4) is 0 Å². The van der Waals surface area contributed by atoms with Crippen LogP contribution in [0.1, 0.15) is 39.2 Å². The first-order chi connectivity index (χ1) is 17.0. The average Bonchev–Trinajstić information content (AvgIpc) is 3.47. The van der Waals surface area contributed by atoms with Gasteiger partial charge in [-0.2, -0.15) is 10.1 Å². The molecule has 35 heavy (non-hydrogen) atoms. The van der Waals surface area contributed by atoms with Gasteiger partial charge in [-0.1, -0.05) is 5.16 Å². The Labute approximate surface area is 203 Å². The smallest absolute Gasteiger partial charge is 0.305 e. The normalized spacial score (nSPS) is 11.6. The van der Waals surface area contributed by atoms with E-state index in [4.69, 9.17) is 14.0 Å². The van der Waals surface area contributed by atoms with Gasteiger partial charge in [-0.05, 0) is 63.6 Å². The van der Waals surface area contributed by atoms with Crippen LogP contribution in [0.2, 0.25) is 0 Å². The van der Waals surface area contributed by atoms with Crippen LogP contribution in [-0.2, 0) is 16.1 Å². The van der Waals surface area contributed by atoms with E-state index in [9.17, 15) is 4.79 Å². The Balaban J connectivity index is 1.52. The number of aliphatic imine (C=N–C) groups is 1. The number of rotatable bonds is 10. The summed E-state index contributed by atoms with van der Waals surface area (Å²) in [7, 11) is 1.72. The number of fused-ring (bicyclic) bond motifs is 1. The molecule has 2 aromatic heterocycles. The van der Waals surface area contributed by atoms with Crippen LogP contribution >= 0.6 is 0 Å². The van der Waals surface area contributed by atoms with Crippen molar-refractivity contribution in [3.05, 3.63) is 48.2 Å². The van der Waals surface area contributed by atoms with Crippen molar-refractivity contribution in [3.8, 4) is 28.6 Å². The van der Waals surface area contributed by atoms with E-state index in [1.807, 2.05) is 61.1 Å². The molecular formula is C26H29N5O4. The second kappa shape index (κ2) is 10.9. The van der Waals surface area contributed by atoms with Crippen LogP contribution in [-0.4, -0.2) is 51.9 Å². The summed E-state index contributed by atoms with van der Waals surface area (Å²) in [4.78, 5) is 20.3. The number of aromatic nitrogens is 4. The minimum Gasteiger partial charge on any atom is -0.490 e. The van der Waals surface area contributed by atoms with E-state index in [-0.39, 0.29) is 12.1 Å². The number of benzene rings is 2. The molecule has 0 N–H and O–H groups in total. The fraction of sp³-hybridized carbons (Fsp3) is 0.346. The summed E-state index contributed by atoms with van der Waals surface area (Å²) in [5, 5.41) is 9.71. The summed E-state index contributed by atoms with van der Waals surface area (Å²) in [6.45, 7) is 6.80. The average molecular weight is 476 g/mol. The highest BCUT2D eigenvalue weighted by Gasteiger charge is 2.14. The lowest BCUT2D eigenvalue weighted by atomic mass is 10.1. The highest BCUT2D eigenvalue weighted by atomic mass is 16.5. The van der Waals surface area contributed by atoms with Crippen LogP contribution in [0, 0.1) is 0 Å². The maximum absolute atomic E-state index is 11.5. The van der Waals surface area contributed by atoms with E-state index in [0.29, 0.717) is 37.7 Å². The van der Waals surface area contributed by atoms with Crippen LogP contribution in [0.25, 0.3) is 33.7 Å². The van der Waals surface area contributed by atoms with Crippen LogP contribution in [0.5, 0.6) is 5.75 Å². The van der Waals surface area contributed by atoms with E-state index in [0.717, 1.165) is 33.3 Å². The minimum absolute atomic E-state index is 0.0525. The van der Waals surface area contributed by atoms with E-state index < -0.39 is 0 Å². The number of nitrogens with zero attached hydrogens (tertiary/aromatic N) is 5. The van der Waals surface area contributed by atoms with Gasteiger partial charge in [0.2, 0.25) is 5.82 Å². The Bertz CT molecular complexity index is 1340. The molecule has 0 saturated heterocycles. The summed E-state index contributed by atoms with van der Waals surface area (Å²) in [6.07, 6.45) is 4.79. The van der Waals surface area contributed by atoms with Gasteiger partial charge >= 0.3 is 5.97 Å². The molecule has 2 aromatic carbocycles. The molecule has 0 aliphatic rings. The van der Waals surface area contributed by atoms with Crippen molar-refractivity contribution in [1.82, 2.24) is 19.9 Å². The monoisotopic (exact) mass is 475 g/mol. The summed E-state index contributed by atoms with van der Waals surface area (Å²) in [6, 6.07) is 11.5. The molecule has 9 heteroatoms. The molecule has 2 heterocycles. The van der Waals surface area contributed by atoms with Gasteiger partial charge in [0.05, 0.1) is 18.2 Å². The maximum Gasteiger partial charge on any atom is 0.305 e. The van der Waals surface area contributed by atoms with Crippen molar-refractivity contribution in [3.63, 3.8) is 0 Å². The molecule has 0 aliphatic carbocycles. The Morgan fingerprint density at radius 3 is 2.80 bits per heavy atom. The van der Waals surface area contributed by atoms with Gasteiger partial charge in [0.1, 0.15) is 5.75 Å².